The zero-order valence-electron chi connectivity index (χ0n) is 14.0. The summed E-state index contributed by atoms with van der Waals surface area (Å²) in [5.41, 5.74) is 7.84. The number of pyridine rings is 1. The van der Waals surface area contributed by atoms with Crippen molar-refractivity contribution in [2.75, 3.05) is 36.9 Å². The van der Waals surface area contributed by atoms with E-state index in [2.05, 4.69) is 19.9 Å². The van der Waals surface area contributed by atoms with Crippen LogP contribution in [-0.2, 0) is 4.74 Å². The molecular weight excluding hydrogens is 330 g/mol. The molecule has 8 heteroatoms. The van der Waals surface area contributed by atoms with E-state index in [4.69, 9.17) is 15.6 Å². The molecule has 0 aliphatic carbocycles. The van der Waals surface area contributed by atoms with Crippen molar-refractivity contribution < 1.29 is 4.74 Å². The maximum Gasteiger partial charge on any atom is 0.256 e. The summed E-state index contributed by atoms with van der Waals surface area (Å²) < 4.78 is 7.20. The normalized spacial score (nSPS) is 15.0. The highest BCUT2D eigenvalue weighted by Gasteiger charge is 2.19. The van der Waals surface area contributed by atoms with E-state index < -0.39 is 0 Å². The van der Waals surface area contributed by atoms with E-state index in [9.17, 15) is 0 Å². The molecule has 0 amide bonds. The topological polar surface area (TPSA) is 94.5 Å². The number of hydrogen-bond acceptors (Lipinski definition) is 7. The summed E-state index contributed by atoms with van der Waals surface area (Å²) in [6.07, 6.45) is 1.77. The van der Waals surface area contributed by atoms with Crippen molar-refractivity contribution >= 4 is 28.3 Å². The Morgan fingerprint density at radius 1 is 1.04 bits per heavy atom. The molecule has 0 unspecified atom stereocenters. The molecule has 1 saturated heterocycles. The molecule has 4 heterocycles. The number of nitrogens with two attached hydrogens (primary N) is 1. The first-order valence-electron chi connectivity index (χ1n) is 8.50. The molecule has 26 heavy (non-hydrogen) atoms. The van der Waals surface area contributed by atoms with Crippen LogP contribution in [0.15, 0.2) is 42.6 Å². The number of nitrogens with zero attached hydrogens (tertiary/aromatic N) is 6. The van der Waals surface area contributed by atoms with E-state index in [0.717, 1.165) is 35.4 Å². The number of rotatable bonds is 2. The molecular formula is C18H17N7O. The highest BCUT2D eigenvalue weighted by atomic mass is 16.5. The molecule has 0 radical (unpaired) electrons. The summed E-state index contributed by atoms with van der Waals surface area (Å²) in [7, 11) is 0. The largest absolute Gasteiger partial charge is 0.383 e. The Morgan fingerprint density at radius 2 is 1.88 bits per heavy atom. The summed E-state index contributed by atoms with van der Waals surface area (Å²) in [5, 5.41) is 5.73. The molecule has 0 saturated carbocycles. The Labute approximate surface area is 149 Å². The Hall–Kier alpha value is -3.26. The molecule has 5 rings (SSSR count). The fraction of sp³-hybridized carbons (Fsp3) is 0.222. The van der Waals surface area contributed by atoms with Gasteiger partial charge in [-0.15, -0.1) is 5.10 Å². The monoisotopic (exact) mass is 347 g/mol. The zero-order valence-corrected chi connectivity index (χ0v) is 14.0. The predicted octanol–water partition coefficient (Wildman–Crippen LogP) is 1.76. The van der Waals surface area contributed by atoms with E-state index in [1.54, 1.807) is 10.7 Å². The minimum absolute atomic E-state index is 0.428. The average Bonchev–Trinajstić information content (AvgIpc) is 3.11. The van der Waals surface area contributed by atoms with Crippen LogP contribution in [0, 0.1) is 0 Å². The van der Waals surface area contributed by atoms with Crippen LogP contribution in [0.3, 0.4) is 0 Å². The van der Waals surface area contributed by atoms with Crippen molar-refractivity contribution in [1.82, 2.24) is 24.6 Å². The molecule has 0 bridgehead atoms. The van der Waals surface area contributed by atoms with Crippen LogP contribution in [0.1, 0.15) is 0 Å². The van der Waals surface area contributed by atoms with Gasteiger partial charge in [-0.05, 0) is 12.1 Å². The Bertz CT molecular complexity index is 1100. The summed E-state index contributed by atoms with van der Waals surface area (Å²) >= 11 is 0. The first kappa shape index (κ1) is 15.0. The van der Waals surface area contributed by atoms with Crippen LogP contribution >= 0.6 is 0 Å². The number of benzene rings is 1. The third-order valence-corrected chi connectivity index (χ3v) is 4.54. The van der Waals surface area contributed by atoms with Crippen molar-refractivity contribution in [2.24, 2.45) is 0 Å². The fourth-order valence-electron chi connectivity index (χ4n) is 3.29. The number of morpholine rings is 1. The van der Waals surface area contributed by atoms with Crippen LogP contribution in [-0.4, -0.2) is 50.9 Å². The van der Waals surface area contributed by atoms with Crippen molar-refractivity contribution in [1.29, 1.82) is 0 Å². The van der Waals surface area contributed by atoms with E-state index in [1.165, 1.54) is 0 Å². The number of para-hydroxylation sites is 1. The molecule has 1 aromatic carbocycles. The van der Waals surface area contributed by atoms with Crippen molar-refractivity contribution in [2.45, 2.75) is 0 Å². The maximum atomic E-state index is 6.01. The van der Waals surface area contributed by atoms with Gasteiger partial charge in [-0.3, -0.25) is 4.98 Å². The van der Waals surface area contributed by atoms with Crippen LogP contribution in [0.4, 0.5) is 11.6 Å². The number of anilines is 2. The number of nitrogen functional groups attached to an aromatic ring is 1. The van der Waals surface area contributed by atoms with Gasteiger partial charge in [-0.25, -0.2) is 0 Å². The van der Waals surface area contributed by atoms with Crippen molar-refractivity contribution in [3.8, 4) is 11.4 Å². The Morgan fingerprint density at radius 3 is 2.77 bits per heavy atom. The quantitative estimate of drug-likeness (QED) is 0.590. The average molecular weight is 347 g/mol. The van der Waals surface area contributed by atoms with Gasteiger partial charge in [-0.1, -0.05) is 18.2 Å². The first-order valence-corrected chi connectivity index (χ1v) is 8.50. The molecule has 3 aromatic heterocycles. The summed E-state index contributed by atoms with van der Waals surface area (Å²) in [6, 6.07) is 11.7. The van der Waals surface area contributed by atoms with Gasteiger partial charge in [-0.2, -0.15) is 14.5 Å². The van der Waals surface area contributed by atoms with Gasteiger partial charge < -0.3 is 15.4 Å². The smallest absolute Gasteiger partial charge is 0.256 e. The van der Waals surface area contributed by atoms with Gasteiger partial charge >= 0.3 is 0 Å². The Balaban J connectivity index is 1.70. The zero-order chi connectivity index (χ0) is 17.5. The lowest BCUT2D eigenvalue weighted by molar-refractivity contribution is 0.122. The molecule has 0 atom stereocenters. The standard InChI is InChI=1S/C18H17N7O/c19-15-11-16(24-7-9-26-10-8-24)25-18(21-15)22-17(23-25)13-5-6-20-14-4-2-1-3-12(13)14/h1-6,11H,7-10H2,(H2,19,21,22,23). The van der Waals surface area contributed by atoms with Crippen LogP contribution in [0.2, 0.25) is 0 Å². The first-order chi connectivity index (χ1) is 12.8. The third-order valence-electron chi connectivity index (χ3n) is 4.54. The summed E-state index contributed by atoms with van der Waals surface area (Å²) in [6.45, 7) is 2.93. The van der Waals surface area contributed by atoms with Gasteiger partial charge in [0, 0.05) is 36.3 Å². The molecule has 8 nitrogen and oxygen atoms in total. The highest BCUT2D eigenvalue weighted by molar-refractivity contribution is 5.92. The molecule has 2 N–H and O–H groups in total. The maximum absolute atomic E-state index is 6.01. The molecule has 1 aliphatic rings. The van der Waals surface area contributed by atoms with Crippen LogP contribution in [0.25, 0.3) is 28.1 Å². The number of hydrogen-bond donors (Lipinski definition) is 1. The summed E-state index contributed by atoms with van der Waals surface area (Å²) in [5.74, 6) is 2.41. The molecule has 4 aromatic rings. The molecule has 0 spiro atoms. The van der Waals surface area contributed by atoms with Gasteiger partial charge in [0.2, 0.25) is 0 Å². The van der Waals surface area contributed by atoms with Crippen LogP contribution in [0.5, 0.6) is 0 Å². The minimum Gasteiger partial charge on any atom is -0.383 e. The number of aromatic nitrogens is 5. The fourth-order valence-corrected chi connectivity index (χ4v) is 3.29. The predicted molar refractivity (Wildman–Crippen MR) is 99.0 cm³/mol. The second-order valence-electron chi connectivity index (χ2n) is 6.16. The third kappa shape index (κ3) is 2.42. The second-order valence-corrected chi connectivity index (χ2v) is 6.16. The van der Waals surface area contributed by atoms with Gasteiger partial charge in [0.25, 0.3) is 5.78 Å². The Kier molecular flexibility index (Phi) is 3.42. The molecule has 1 fully saturated rings. The van der Waals surface area contributed by atoms with Gasteiger partial charge in [0.15, 0.2) is 5.82 Å². The van der Waals surface area contributed by atoms with E-state index >= 15 is 0 Å². The summed E-state index contributed by atoms with van der Waals surface area (Å²) in [4.78, 5) is 15.6. The lowest BCUT2D eigenvalue weighted by Gasteiger charge is -2.28. The van der Waals surface area contributed by atoms with Crippen molar-refractivity contribution in [3.63, 3.8) is 0 Å². The van der Waals surface area contributed by atoms with E-state index in [1.807, 2.05) is 36.4 Å². The molecule has 1 aliphatic heterocycles. The van der Waals surface area contributed by atoms with E-state index in [-0.39, 0.29) is 0 Å². The van der Waals surface area contributed by atoms with Gasteiger partial charge in [0.05, 0.1) is 18.7 Å². The highest BCUT2D eigenvalue weighted by Crippen LogP contribution is 2.27. The molecule has 130 valence electrons. The lowest BCUT2D eigenvalue weighted by atomic mass is 10.1. The van der Waals surface area contributed by atoms with Crippen molar-refractivity contribution in [3.05, 3.63) is 42.6 Å². The SMILES string of the molecule is Nc1cc(N2CCOCC2)n2nc(-c3ccnc4ccccc34)nc2n1. The number of ether oxygens (including phenoxy) is 1. The van der Waals surface area contributed by atoms with E-state index in [0.29, 0.717) is 30.6 Å². The minimum atomic E-state index is 0.428. The number of fused-ring (bicyclic) bond motifs is 2. The van der Waals surface area contributed by atoms with Gasteiger partial charge in [0.1, 0.15) is 11.6 Å². The second kappa shape index (κ2) is 5.92. The lowest BCUT2D eigenvalue weighted by Crippen LogP contribution is -2.37. The van der Waals surface area contributed by atoms with Crippen LogP contribution < -0.4 is 10.6 Å².